The van der Waals surface area contributed by atoms with Gasteiger partial charge in [0.25, 0.3) is 0 Å². The van der Waals surface area contributed by atoms with E-state index in [4.69, 9.17) is 9.84 Å². The van der Waals surface area contributed by atoms with Gasteiger partial charge in [-0.3, -0.25) is 0 Å². The van der Waals surface area contributed by atoms with Gasteiger partial charge in [-0.25, -0.2) is 9.59 Å². The lowest BCUT2D eigenvalue weighted by atomic mass is 10.1. The van der Waals surface area contributed by atoms with Gasteiger partial charge in [0.1, 0.15) is 5.75 Å². The molecule has 0 heterocycles. The molecule has 0 atom stereocenters. The van der Waals surface area contributed by atoms with E-state index in [0.717, 1.165) is 0 Å². The predicted molar refractivity (Wildman–Crippen MR) is 57.2 cm³/mol. The van der Waals surface area contributed by atoms with Gasteiger partial charge in [-0.05, 0) is 18.2 Å². The van der Waals surface area contributed by atoms with E-state index in [-0.39, 0.29) is 23.7 Å². The number of ether oxygens (including phenoxy) is 3. The Bertz CT molecular complexity index is 426. The standard InChI is InChI=1S/C11H12O6/c1-15-6-17-9-4-7(10(12)13)3-8(5-9)11(14)16-2/h3-5H,6H2,1-2H3,(H,12,13). The SMILES string of the molecule is COCOc1cc(C(=O)O)cc(C(=O)OC)c1. The first-order valence-corrected chi connectivity index (χ1v) is 4.67. The third-order valence-electron chi connectivity index (χ3n) is 1.92. The molecule has 0 aromatic heterocycles. The van der Waals surface area contributed by atoms with Gasteiger partial charge in [0.05, 0.1) is 18.2 Å². The van der Waals surface area contributed by atoms with Crippen LogP contribution in [0.1, 0.15) is 20.7 Å². The average Bonchev–Trinajstić information content (AvgIpc) is 2.34. The third-order valence-corrected chi connectivity index (χ3v) is 1.92. The molecule has 0 amide bonds. The van der Waals surface area contributed by atoms with Gasteiger partial charge in [-0.1, -0.05) is 0 Å². The Morgan fingerprint density at radius 3 is 2.35 bits per heavy atom. The van der Waals surface area contributed by atoms with Crippen LogP contribution in [0.5, 0.6) is 5.75 Å². The minimum Gasteiger partial charge on any atom is -0.478 e. The van der Waals surface area contributed by atoms with Crippen molar-refractivity contribution in [3.05, 3.63) is 29.3 Å². The summed E-state index contributed by atoms with van der Waals surface area (Å²) in [6.07, 6.45) is 0. The van der Waals surface area contributed by atoms with Crippen LogP contribution >= 0.6 is 0 Å². The Morgan fingerprint density at radius 1 is 1.18 bits per heavy atom. The fourth-order valence-electron chi connectivity index (χ4n) is 1.17. The maximum atomic E-state index is 11.3. The van der Waals surface area contributed by atoms with Crippen LogP contribution in [0.3, 0.4) is 0 Å². The lowest BCUT2D eigenvalue weighted by Gasteiger charge is -2.07. The second kappa shape index (κ2) is 5.86. The summed E-state index contributed by atoms with van der Waals surface area (Å²) in [7, 11) is 2.65. The number of carboxylic acid groups (broad SMARTS) is 1. The molecule has 0 saturated heterocycles. The Morgan fingerprint density at radius 2 is 1.82 bits per heavy atom. The molecule has 6 heteroatoms. The van der Waals surface area contributed by atoms with Gasteiger partial charge in [0, 0.05) is 7.11 Å². The predicted octanol–water partition coefficient (Wildman–Crippen LogP) is 1.15. The minimum absolute atomic E-state index is 0.0380. The molecule has 1 N–H and O–H groups in total. The van der Waals surface area contributed by atoms with E-state index in [1.54, 1.807) is 0 Å². The Balaban J connectivity index is 3.09. The van der Waals surface area contributed by atoms with Crippen LogP contribution in [0.4, 0.5) is 0 Å². The third kappa shape index (κ3) is 3.46. The number of aromatic carboxylic acids is 1. The molecule has 0 aliphatic heterocycles. The number of benzene rings is 1. The zero-order valence-corrected chi connectivity index (χ0v) is 9.43. The average molecular weight is 240 g/mol. The van der Waals surface area contributed by atoms with E-state index in [2.05, 4.69) is 9.47 Å². The Kier molecular flexibility index (Phi) is 4.47. The molecule has 0 radical (unpaired) electrons. The Labute approximate surface area is 97.7 Å². The lowest BCUT2D eigenvalue weighted by molar-refractivity contribution is 0.0500. The van der Waals surface area contributed by atoms with Gasteiger partial charge in [-0.15, -0.1) is 0 Å². The first-order valence-electron chi connectivity index (χ1n) is 4.67. The van der Waals surface area contributed by atoms with Gasteiger partial charge in [-0.2, -0.15) is 0 Å². The van der Waals surface area contributed by atoms with Gasteiger partial charge in [0.2, 0.25) is 0 Å². The van der Waals surface area contributed by atoms with Crippen molar-refractivity contribution in [2.24, 2.45) is 0 Å². The van der Waals surface area contributed by atoms with E-state index in [0.29, 0.717) is 0 Å². The van der Waals surface area contributed by atoms with E-state index >= 15 is 0 Å². The van der Waals surface area contributed by atoms with Crippen LogP contribution in [0.25, 0.3) is 0 Å². The second-order valence-electron chi connectivity index (χ2n) is 3.09. The fourth-order valence-corrected chi connectivity index (χ4v) is 1.17. The highest BCUT2D eigenvalue weighted by Crippen LogP contribution is 2.18. The van der Waals surface area contributed by atoms with Crippen molar-refractivity contribution in [1.82, 2.24) is 0 Å². The van der Waals surface area contributed by atoms with E-state index in [9.17, 15) is 9.59 Å². The van der Waals surface area contributed by atoms with Gasteiger partial charge < -0.3 is 19.3 Å². The summed E-state index contributed by atoms with van der Waals surface area (Å²) in [5.41, 5.74) is 0.0532. The molecule has 0 saturated carbocycles. The molecule has 6 nitrogen and oxygen atoms in total. The summed E-state index contributed by atoms with van der Waals surface area (Å²) in [5.74, 6) is -1.56. The van der Waals surface area contributed by atoms with Crippen LogP contribution in [0.2, 0.25) is 0 Å². The van der Waals surface area contributed by atoms with Crippen LogP contribution in [-0.4, -0.2) is 38.1 Å². The monoisotopic (exact) mass is 240 g/mol. The molecular formula is C11H12O6. The lowest BCUT2D eigenvalue weighted by Crippen LogP contribution is -2.07. The summed E-state index contributed by atoms with van der Waals surface area (Å²) >= 11 is 0. The molecule has 0 fully saturated rings. The fraction of sp³-hybridized carbons (Fsp3) is 0.273. The molecule has 1 aromatic rings. The van der Waals surface area contributed by atoms with E-state index < -0.39 is 11.9 Å². The zero-order chi connectivity index (χ0) is 12.8. The highest BCUT2D eigenvalue weighted by molar-refractivity contribution is 5.95. The smallest absolute Gasteiger partial charge is 0.338 e. The molecule has 1 rings (SSSR count). The largest absolute Gasteiger partial charge is 0.478 e. The highest BCUT2D eigenvalue weighted by Gasteiger charge is 2.13. The van der Waals surface area contributed by atoms with Crippen LogP contribution in [0.15, 0.2) is 18.2 Å². The highest BCUT2D eigenvalue weighted by atomic mass is 16.7. The van der Waals surface area contributed by atoms with Crippen LogP contribution in [-0.2, 0) is 9.47 Å². The molecular weight excluding hydrogens is 228 g/mol. The summed E-state index contributed by atoms with van der Waals surface area (Å²) in [6, 6.07) is 3.90. The van der Waals surface area contributed by atoms with Crippen LogP contribution < -0.4 is 4.74 Å². The molecule has 0 spiro atoms. The number of carbonyl (C=O) groups excluding carboxylic acids is 1. The quantitative estimate of drug-likeness (QED) is 0.614. The van der Waals surface area contributed by atoms with E-state index in [1.807, 2.05) is 0 Å². The van der Waals surface area contributed by atoms with Crippen molar-refractivity contribution >= 4 is 11.9 Å². The maximum Gasteiger partial charge on any atom is 0.338 e. The van der Waals surface area contributed by atoms with Crippen molar-refractivity contribution in [1.29, 1.82) is 0 Å². The zero-order valence-electron chi connectivity index (χ0n) is 9.43. The molecule has 0 bridgehead atoms. The molecule has 92 valence electrons. The van der Waals surface area contributed by atoms with Crippen LogP contribution in [0, 0.1) is 0 Å². The molecule has 0 aliphatic carbocycles. The number of esters is 1. The Hall–Kier alpha value is -2.08. The van der Waals surface area contributed by atoms with Crippen molar-refractivity contribution in [3.8, 4) is 5.75 Å². The minimum atomic E-state index is -1.15. The van der Waals surface area contributed by atoms with Crippen molar-refractivity contribution in [2.45, 2.75) is 0 Å². The maximum absolute atomic E-state index is 11.3. The number of rotatable bonds is 5. The van der Waals surface area contributed by atoms with Crippen molar-refractivity contribution in [3.63, 3.8) is 0 Å². The first-order chi connectivity index (χ1) is 8.08. The number of methoxy groups -OCH3 is 2. The van der Waals surface area contributed by atoms with Crippen molar-refractivity contribution in [2.75, 3.05) is 21.0 Å². The summed E-state index contributed by atoms with van der Waals surface area (Å²) in [4.78, 5) is 22.2. The topological polar surface area (TPSA) is 82.1 Å². The first kappa shape index (κ1) is 13.0. The molecule has 0 unspecified atom stereocenters. The van der Waals surface area contributed by atoms with Gasteiger partial charge >= 0.3 is 11.9 Å². The summed E-state index contributed by atoms with van der Waals surface area (Å²) in [5, 5.41) is 8.87. The molecule has 17 heavy (non-hydrogen) atoms. The summed E-state index contributed by atoms with van der Waals surface area (Å²) in [6.45, 7) is -0.0380. The normalized spacial score (nSPS) is 9.76. The summed E-state index contributed by atoms with van der Waals surface area (Å²) < 4.78 is 14.3. The van der Waals surface area contributed by atoms with Crippen molar-refractivity contribution < 1.29 is 28.9 Å². The number of hydrogen-bond acceptors (Lipinski definition) is 5. The second-order valence-corrected chi connectivity index (χ2v) is 3.09. The number of hydrogen-bond donors (Lipinski definition) is 1. The van der Waals surface area contributed by atoms with Gasteiger partial charge in [0.15, 0.2) is 6.79 Å². The van der Waals surface area contributed by atoms with E-state index in [1.165, 1.54) is 32.4 Å². The molecule has 0 aliphatic rings. The molecule has 1 aromatic carbocycles. The number of carbonyl (C=O) groups is 2. The number of carboxylic acids is 1.